The highest BCUT2D eigenvalue weighted by atomic mass is 16.7. The van der Waals surface area contributed by atoms with E-state index in [2.05, 4.69) is 18.8 Å². The molecule has 0 atom stereocenters. The third-order valence-electron chi connectivity index (χ3n) is 2.41. The van der Waals surface area contributed by atoms with Gasteiger partial charge >= 0.3 is 6.16 Å². The highest BCUT2D eigenvalue weighted by molar-refractivity contribution is 5.60. The molecule has 0 unspecified atom stereocenters. The van der Waals surface area contributed by atoms with Crippen molar-refractivity contribution in [2.45, 2.75) is 58.8 Å². The Bertz CT molecular complexity index is 238. The second-order valence-electron chi connectivity index (χ2n) is 3.94. The lowest BCUT2D eigenvalue weighted by Gasteiger charge is -2.04. The summed E-state index contributed by atoms with van der Waals surface area (Å²) in [7, 11) is 0. The van der Waals surface area contributed by atoms with Crippen LogP contribution in [0.5, 0.6) is 0 Å². The molecule has 3 nitrogen and oxygen atoms in total. The van der Waals surface area contributed by atoms with Crippen molar-refractivity contribution >= 4 is 6.16 Å². The molecule has 3 heteroatoms. The molecule has 0 aromatic rings. The van der Waals surface area contributed by atoms with Gasteiger partial charge in [0, 0.05) is 0 Å². The van der Waals surface area contributed by atoms with Crippen molar-refractivity contribution < 1.29 is 14.3 Å². The summed E-state index contributed by atoms with van der Waals surface area (Å²) in [6.07, 6.45) is 7.83. The molecule has 17 heavy (non-hydrogen) atoms. The molecular formula is C14H24O3. The Labute approximate surface area is 105 Å². The van der Waals surface area contributed by atoms with E-state index in [1.807, 2.05) is 0 Å². The molecule has 0 heterocycles. The van der Waals surface area contributed by atoms with Crippen LogP contribution in [-0.4, -0.2) is 19.4 Å². The average Bonchev–Trinajstić information content (AvgIpc) is 2.33. The van der Waals surface area contributed by atoms with Gasteiger partial charge in [-0.3, -0.25) is 0 Å². The maximum absolute atomic E-state index is 11.0. The Hall–Kier alpha value is -1.17. The fourth-order valence-electron chi connectivity index (χ4n) is 1.42. The van der Waals surface area contributed by atoms with Crippen LogP contribution in [0.2, 0.25) is 0 Å². The van der Waals surface area contributed by atoms with Crippen LogP contribution in [0.3, 0.4) is 0 Å². The first kappa shape index (κ1) is 15.8. The van der Waals surface area contributed by atoms with Crippen LogP contribution in [0.4, 0.5) is 4.79 Å². The molecule has 0 saturated heterocycles. The van der Waals surface area contributed by atoms with Gasteiger partial charge in [-0.1, -0.05) is 51.4 Å². The van der Waals surface area contributed by atoms with Gasteiger partial charge < -0.3 is 9.47 Å². The molecule has 0 aliphatic rings. The fourth-order valence-corrected chi connectivity index (χ4v) is 1.42. The van der Waals surface area contributed by atoms with Crippen LogP contribution in [0.25, 0.3) is 0 Å². The summed E-state index contributed by atoms with van der Waals surface area (Å²) in [4.78, 5) is 11.0. The molecule has 0 amide bonds. The normalized spacial score (nSPS) is 9.29. The van der Waals surface area contributed by atoms with Gasteiger partial charge in [-0.05, 0) is 13.3 Å². The van der Waals surface area contributed by atoms with E-state index >= 15 is 0 Å². The number of hydrogen-bond acceptors (Lipinski definition) is 3. The molecule has 0 aliphatic heterocycles. The summed E-state index contributed by atoms with van der Waals surface area (Å²) in [5.41, 5.74) is 0. The van der Waals surface area contributed by atoms with Gasteiger partial charge in [0.1, 0.15) is 0 Å². The summed E-state index contributed by atoms with van der Waals surface area (Å²) in [5, 5.41) is 0. The number of unbranched alkanes of at least 4 members (excludes halogenated alkanes) is 6. The van der Waals surface area contributed by atoms with Crippen molar-refractivity contribution in [1.29, 1.82) is 0 Å². The van der Waals surface area contributed by atoms with Crippen molar-refractivity contribution in [1.82, 2.24) is 0 Å². The second-order valence-corrected chi connectivity index (χ2v) is 3.94. The molecule has 0 aliphatic carbocycles. The molecule has 0 bridgehead atoms. The SMILES string of the molecule is CC#CCOC(=O)OCCCCCCCCC. The number of rotatable bonds is 9. The lowest BCUT2D eigenvalue weighted by Crippen LogP contribution is -2.08. The lowest BCUT2D eigenvalue weighted by atomic mass is 10.1. The zero-order valence-electron chi connectivity index (χ0n) is 11.1. The Kier molecular flexibility index (Phi) is 12.0. The highest BCUT2D eigenvalue weighted by Gasteiger charge is 2.01. The van der Waals surface area contributed by atoms with Gasteiger partial charge in [-0.15, -0.1) is 5.92 Å². The van der Waals surface area contributed by atoms with Crippen molar-refractivity contribution in [3.05, 3.63) is 0 Å². The summed E-state index contributed by atoms with van der Waals surface area (Å²) < 4.78 is 9.59. The monoisotopic (exact) mass is 240 g/mol. The molecular weight excluding hydrogens is 216 g/mol. The number of carbonyl (C=O) groups is 1. The zero-order valence-corrected chi connectivity index (χ0v) is 11.1. The van der Waals surface area contributed by atoms with E-state index in [4.69, 9.17) is 9.47 Å². The summed E-state index contributed by atoms with van der Waals surface area (Å²) >= 11 is 0. The summed E-state index contributed by atoms with van der Waals surface area (Å²) in [6.45, 7) is 4.48. The van der Waals surface area contributed by atoms with E-state index < -0.39 is 6.16 Å². The minimum absolute atomic E-state index is 0.117. The van der Waals surface area contributed by atoms with Gasteiger partial charge in [0.15, 0.2) is 6.61 Å². The molecule has 0 aromatic carbocycles. The summed E-state index contributed by atoms with van der Waals surface area (Å²) in [6, 6.07) is 0. The van der Waals surface area contributed by atoms with Gasteiger partial charge in [0.25, 0.3) is 0 Å². The van der Waals surface area contributed by atoms with Crippen LogP contribution in [0.1, 0.15) is 58.8 Å². The number of carbonyl (C=O) groups excluding carboxylic acids is 1. The van der Waals surface area contributed by atoms with E-state index in [9.17, 15) is 4.79 Å². The van der Waals surface area contributed by atoms with E-state index in [0.717, 1.165) is 12.8 Å². The third-order valence-corrected chi connectivity index (χ3v) is 2.41. The minimum Gasteiger partial charge on any atom is -0.434 e. The highest BCUT2D eigenvalue weighted by Crippen LogP contribution is 2.06. The summed E-state index contributed by atoms with van der Waals surface area (Å²) in [5.74, 6) is 5.28. The van der Waals surface area contributed by atoms with Gasteiger partial charge in [0.2, 0.25) is 0 Å². The maximum Gasteiger partial charge on any atom is 0.509 e. The average molecular weight is 240 g/mol. The lowest BCUT2D eigenvalue weighted by molar-refractivity contribution is 0.0632. The molecule has 0 rings (SSSR count). The molecule has 0 aromatic heterocycles. The predicted octanol–water partition coefficient (Wildman–Crippen LogP) is 3.91. The van der Waals surface area contributed by atoms with Crippen LogP contribution in [-0.2, 0) is 9.47 Å². The topological polar surface area (TPSA) is 35.5 Å². The third kappa shape index (κ3) is 12.8. The van der Waals surface area contributed by atoms with Gasteiger partial charge in [-0.25, -0.2) is 4.79 Å². The minimum atomic E-state index is -0.612. The molecule has 0 radical (unpaired) electrons. The number of ether oxygens (including phenoxy) is 2. The molecule has 0 fully saturated rings. The number of hydrogen-bond donors (Lipinski definition) is 0. The smallest absolute Gasteiger partial charge is 0.434 e. The Balaban J connectivity index is 3.15. The fraction of sp³-hybridized carbons (Fsp3) is 0.786. The first-order valence-electron chi connectivity index (χ1n) is 6.50. The van der Waals surface area contributed by atoms with Gasteiger partial charge in [0.05, 0.1) is 6.61 Å². The van der Waals surface area contributed by atoms with Crippen molar-refractivity contribution in [3.63, 3.8) is 0 Å². The predicted molar refractivity (Wildman–Crippen MR) is 68.7 cm³/mol. The largest absolute Gasteiger partial charge is 0.509 e. The van der Waals surface area contributed by atoms with Gasteiger partial charge in [-0.2, -0.15) is 0 Å². The van der Waals surface area contributed by atoms with Crippen LogP contribution >= 0.6 is 0 Å². The molecule has 0 saturated carbocycles. The van der Waals surface area contributed by atoms with E-state index in [1.54, 1.807) is 6.92 Å². The van der Waals surface area contributed by atoms with Crippen LogP contribution in [0, 0.1) is 11.8 Å². The van der Waals surface area contributed by atoms with Crippen molar-refractivity contribution in [3.8, 4) is 11.8 Å². The standard InChI is InChI=1S/C14H24O3/c1-3-5-7-8-9-10-11-13-17-14(15)16-12-6-4-2/h3,5,7-13H2,1-2H3. The van der Waals surface area contributed by atoms with Crippen molar-refractivity contribution in [2.75, 3.05) is 13.2 Å². The molecule has 98 valence electrons. The first-order valence-corrected chi connectivity index (χ1v) is 6.50. The Morgan fingerprint density at radius 1 is 1.00 bits per heavy atom. The van der Waals surface area contributed by atoms with E-state index in [0.29, 0.717) is 6.61 Å². The Morgan fingerprint density at radius 3 is 2.29 bits per heavy atom. The van der Waals surface area contributed by atoms with E-state index in [-0.39, 0.29) is 6.61 Å². The quantitative estimate of drug-likeness (QED) is 0.348. The van der Waals surface area contributed by atoms with Crippen LogP contribution in [0.15, 0.2) is 0 Å². The first-order chi connectivity index (χ1) is 8.31. The molecule has 0 spiro atoms. The second kappa shape index (κ2) is 12.9. The molecule has 0 N–H and O–H groups in total. The van der Waals surface area contributed by atoms with Crippen LogP contribution < -0.4 is 0 Å². The zero-order chi connectivity index (χ0) is 12.8. The van der Waals surface area contributed by atoms with E-state index in [1.165, 1.54) is 32.1 Å². The van der Waals surface area contributed by atoms with Crippen molar-refractivity contribution in [2.24, 2.45) is 0 Å². The Morgan fingerprint density at radius 2 is 1.65 bits per heavy atom. The maximum atomic E-state index is 11.0.